The maximum atomic E-state index is 5.76. The van der Waals surface area contributed by atoms with Crippen LogP contribution in [-0.4, -0.2) is 19.5 Å². The second kappa shape index (κ2) is 6.01. The average Bonchev–Trinajstić information content (AvgIpc) is 2.29. The Morgan fingerprint density at radius 1 is 1.35 bits per heavy atom. The lowest BCUT2D eigenvalue weighted by molar-refractivity contribution is -0.155. The van der Waals surface area contributed by atoms with Gasteiger partial charge in [0, 0.05) is 6.61 Å². The van der Waals surface area contributed by atoms with Crippen molar-refractivity contribution in [1.82, 2.24) is 0 Å². The van der Waals surface area contributed by atoms with Crippen LogP contribution in [-0.2, 0) is 9.47 Å². The molecule has 1 saturated heterocycles. The molecule has 0 aromatic carbocycles. The van der Waals surface area contributed by atoms with Crippen molar-refractivity contribution in [2.75, 3.05) is 13.2 Å². The lowest BCUT2D eigenvalue weighted by Gasteiger charge is -2.31. The Morgan fingerprint density at radius 2 is 2.24 bits per heavy atom. The SMILES string of the molecule is CC1(C)CCC/C(=C\COC2CCCCO2)C1. The third kappa shape index (κ3) is 4.44. The van der Waals surface area contributed by atoms with Crippen LogP contribution in [0.1, 0.15) is 58.8 Å². The second-order valence-corrected chi connectivity index (χ2v) is 6.19. The molecule has 0 aromatic heterocycles. The molecule has 0 amide bonds. The van der Waals surface area contributed by atoms with Crippen LogP contribution < -0.4 is 0 Å². The average molecular weight is 238 g/mol. The third-order valence-electron chi connectivity index (χ3n) is 3.85. The molecule has 1 aliphatic heterocycles. The molecule has 2 rings (SSSR count). The third-order valence-corrected chi connectivity index (χ3v) is 3.85. The van der Waals surface area contributed by atoms with Gasteiger partial charge in [0.15, 0.2) is 6.29 Å². The molecule has 0 spiro atoms. The molecular formula is C15H26O2. The first-order valence-electron chi connectivity index (χ1n) is 7.07. The van der Waals surface area contributed by atoms with Gasteiger partial charge in [0.25, 0.3) is 0 Å². The van der Waals surface area contributed by atoms with Crippen molar-refractivity contribution in [2.24, 2.45) is 5.41 Å². The Bertz CT molecular complexity index is 262. The van der Waals surface area contributed by atoms with Crippen LogP contribution >= 0.6 is 0 Å². The molecule has 1 heterocycles. The van der Waals surface area contributed by atoms with Crippen molar-refractivity contribution in [2.45, 2.75) is 65.1 Å². The summed E-state index contributed by atoms with van der Waals surface area (Å²) in [6, 6.07) is 0. The maximum Gasteiger partial charge on any atom is 0.157 e. The van der Waals surface area contributed by atoms with Gasteiger partial charge in [-0.1, -0.05) is 25.5 Å². The van der Waals surface area contributed by atoms with Gasteiger partial charge in [0.2, 0.25) is 0 Å². The Labute approximate surface area is 105 Å². The van der Waals surface area contributed by atoms with Gasteiger partial charge < -0.3 is 9.47 Å². The van der Waals surface area contributed by atoms with E-state index in [1.165, 1.54) is 38.5 Å². The van der Waals surface area contributed by atoms with Gasteiger partial charge >= 0.3 is 0 Å². The zero-order valence-electron chi connectivity index (χ0n) is 11.3. The highest BCUT2D eigenvalue weighted by Gasteiger charge is 2.23. The standard InChI is InChI=1S/C15H26O2/c1-15(2)9-5-6-13(12-15)8-11-17-14-7-3-4-10-16-14/h8,14H,3-7,9-12H2,1-2H3/b13-8+. The van der Waals surface area contributed by atoms with Crippen LogP contribution in [0.4, 0.5) is 0 Å². The molecule has 0 aromatic rings. The summed E-state index contributed by atoms with van der Waals surface area (Å²) in [6.07, 6.45) is 11.0. The Balaban J connectivity index is 1.72. The first-order valence-corrected chi connectivity index (χ1v) is 7.07. The van der Waals surface area contributed by atoms with Gasteiger partial charge in [-0.05, 0) is 50.4 Å². The van der Waals surface area contributed by atoms with E-state index in [2.05, 4.69) is 19.9 Å². The minimum atomic E-state index is 0.0530. The van der Waals surface area contributed by atoms with Gasteiger partial charge in [-0.2, -0.15) is 0 Å². The first kappa shape index (κ1) is 13.1. The molecule has 2 fully saturated rings. The summed E-state index contributed by atoms with van der Waals surface area (Å²) in [5.74, 6) is 0. The molecule has 0 N–H and O–H groups in total. The van der Waals surface area contributed by atoms with Gasteiger partial charge in [-0.15, -0.1) is 0 Å². The summed E-state index contributed by atoms with van der Waals surface area (Å²) in [5.41, 5.74) is 2.07. The highest BCUT2D eigenvalue weighted by molar-refractivity contribution is 5.08. The van der Waals surface area contributed by atoms with Crippen LogP contribution in [0, 0.1) is 5.41 Å². The highest BCUT2D eigenvalue weighted by atomic mass is 16.7. The van der Waals surface area contributed by atoms with Crippen molar-refractivity contribution in [3.63, 3.8) is 0 Å². The molecule has 17 heavy (non-hydrogen) atoms. The van der Waals surface area contributed by atoms with E-state index in [1.54, 1.807) is 5.57 Å². The minimum absolute atomic E-state index is 0.0530. The number of allylic oxidation sites excluding steroid dienone is 1. The molecule has 2 aliphatic rings. The number of hydrogen-bond donors (Lipinski definition) is 0. The van der Waals surface area contributed by atoms with E-state index in [9.17, 15) is 0 Å². The van der Waals surface area contributed by atoms with Crippen molar-refractivity contribution in [1.29, 1.82) is 0 Å². The van der Waals surface area contributed by atoms with E-state index in [4.69, 9.17) is 9.47 Å². The summed E-state index contributed by atoms with van der Waals surface area (Å²) in [4.78, 5) is 0. The molecular weight excluding hydrogens is 212 g/mol. The fourth-order valence-electron chi connectivity index (χ4n) is 2.88. The summed E-state index contributed by atoms with van der Waals surface area (Å²) >= 11 is 0. The van der Waals surface area contributed by atoms with Crippen LogP contribution in [0.5, 0.6) is 0 Å². The number of hydrogen-bond acceptors (Lipinski definition) is 2. The van der Waals surface area contributed by atoms with E-state index >= 15 is 0 Å². The van der Waals surface area contributed by atoms with Crippen molar-refractivity contribution < 1.29 is 9.47 Å². The van der Waals surface area contributed by atoms with E-state index in [0.717, 1.165) is 19.6 Å². The van der Waals surface area contributed by atoms with E-state index < -0.39 is 0 Å². The lowest BCUT2D eigenvalue weighted by atomic mass is 9.75. The van der Waals surface area contributed by atoms with E-state index in [-0.39, 0.29) is 6.29 Å². The molecule has 1 unspecified atom stereocenters. The topological polar surface area (TPSA) is 18.5 Å². The first-order chi connectivity index (χ1) is 8.16. The summed E-state index contributed by atoms with van der Waals surface area (Å²) in [5, 5.41) is 0. The predicted octanol–water partition coefficient (Wildman–Crippen LogP) is 4.06. The van der Waals surface area contributed by atoms with Crippen LogP contribution in [0.25, 0.3) is 0 Å². The van der Waals surface area contributed by atoms with Crippen LogP contribution in [0.3, 0.4) is 0 Å². The predicted molar refractivity (Wildman–Crippen MR) is 69.9 cm³/mol. The molecule has 0 radical (unpaired) electrons. The molecule has 1 aliphatic carbocycles. The lowest BCUT2D eigenvalue weighted by Crippen LogP contribution is -2.22. The molecule has 2 nitrogen and oxygen atoms in total. The summed E-state index contributed by atoms with van der Waals surface area (Å²) < 4.78 is 11.3. The van der Waals surface area contributed by atoms with Crippen molar-refractivity contribution in [3.05, 3.63) is 11.6 Å². The second-order valence-electron chi connectivity index (χ2n) is 6.19. The zero-order chi connectivity index (χ0) is 12.1. The van der Waals surface area contributed by atoms with Crippen molar-refractivity contribution in [3.8, 4) is 0 Å². The largest absolute Gasteiger partial charge is 0.353 e. The number of rotatable bonds is 3. The van der Waals surface area contributed by atoms with Gasteiger partial charge in [0.05, 0.1) is 6.61 Å². The van der Waals surface area contributed by atoms with Gasteiger partial charge in [-0.3, -0.25) is 0 Å². The monoisotopic (exact) mass is 238 g/mol. The summed E-state index contributed by atoms with van der Waals surface area (Å²) in [7, 11) is 0. The number of ether oxygens (including phenoxy) is 2. The van der Waals surface area contributed by atoms with Crippen molar-refractivity contribution >= 4 is 0 Å². The fourth-order valence-corrected chi connectivity index (χ4v) is 2.88. The van der Waals surface area contributed by atoms with Gasteiger partial charge in [-0.25, -0.2) is 0 Å². The normalized spacial score (nSPS) is 31.6. The highest BCUT2D eigenvalue weighted by Crippen LogP contribution is 2.37. The van der Waals surface area contributed by atoms with Crippen LogP contribution in [0.15, 0.2) is 11.6 Å². The zero-order valence-corrected chi connectivity index (χ0v) is 11.3. The van der Waals surface area contributed by atoms with E-state index in [1.807, 2.05) is 0 Å². The minimum Gasteiger partial charge on any atom is -0.353 e. The Morgan fingerprint density at radius 3 is 2.94 bits per heavy atom. The van der Waals surface area contributed by atoms with Gasteiger partial charge in [0.1, 0.15) is 0 Å². The fraction of sp³-hybridized carbons (Fsp3) is 0.867. The molecule has 1 saturated carbocycles. The molecule has 1 atom stereocenters. The Hall–Kier alpha value is -0.340. The molecule has 2 heteroatoms. The smallest absolute Gasteiger partial charge is 0.157 e. The quantitative estimate of drug-likeness (QED) is 0.690. The summed E-state index contributed by atoms with van der Waals surface area (Å²) in [6.45, 7) is 6.33. The Kier molecular flexibility index (Phi) is 4.63. The molecule has 0 bridgehead atoms. The van der Waals surface area contributed by atoms with E-state index in [0.29, 0.717) is 5.41 Å². The maximum absolute atomic E-state index is 5.76. The molecule has 98 valence electrons. The van der Waals surface area contributed by atoms with Crippen LogP contribution in [0.2, 0.25) is 0 Å².